The van der Waals surface area contributed by atoms with Gasteiger partial charge in [-0.25, -0.2) is 0 Å². The van der Waals surface area contributed by atoms with E-state index >= 15 is 0 Å². The van der Waals surface area contributed by atoms with Gasteiger partial charge in [-0.2, -0.15) is 0 Å². The number of benzene rings is 1. The largest absolute Gasteiger partial charge is 0.203 e. The van der Waals surface area contributed by atoms with Crippen molar-refractivity contribution in [1.82, 2.24) is 20.4 Å². The first-order valence-electron chi connectivity index (χ1n) is 4.15. The van der Waals surface area contributed by atoms with E-state index in [9.17, 15) is 0 Å². The molecular formula is C9H6Br2N4. The molecule has 4 nitrogen and oxygen atoms in total. The summed E-state index contributed by atoms with van der Waals surface area (Å²) >= 11 is 6.80. The molecule has 0 unspecified atom stereocenters. The molecule has 0 atom stereocenters. The number of nitrogens with zero attached hydrogens (tertiary/aromatic N) is 4. The Bertz CT molecular complexity index is 464. The summed E-state index contributed by atoms with van der Waals surface area (Å²) in [6.07, 6.45) is 0. The molecule has 0 saturated carbocycles. The number of aromatic nitrogens is 4. The van der Waals surface area contributed by atoms with Crippen LogP contribution in [-0.4, -0.2) is 20.4 Å². The Morgan fingerprint density at radius 3 is 1.93 bits per heavy atom. The third-order valence-corrected chi connectivity index (χ3v) is 2.62. The molecule has 0 aliphatic rings. The number of aryl methyl sites for hydroxylation is 1. The number of hydrogen-bond acceptors (Lipinski definition) is 4. The number of hydrogen-bond donors (Lipinski definition) is 0. The zero-order valence-electron chi connectivity index (χ0n) is 7.78. The third kappa shape index (κ3) is 2.57. The Balaban J connectivity index is 2.49. The van der Waals surface area contributed by atoms with Crippen LogP contribution in [0.2, 0.25) is 0 Å². The number of halogens is 2. The second kappa shape index (κ2) is 4.32. The lowest BCUT2D eigenvalue weighted by molar-refractivity contribution is 0.816. The average molecular weight is 330 g/mol. The van der Waals surface area contributed by atoms with E-state index in [0.717, 1.165) is 14.5 Å². The van der Waals surface area contributed by atoms with E-state index in [1.807, 2.05) is 18.2 Å². The maximum absolute atomic E-state index is 3.97. The van der Waals surface area contributed by atoms with Gasteiger partial charge in [-0.15, -0.1) is 20.4 Å². The van der Waals surface area contributed by atoms with Gasteiger partial charge >= 0.3 is 0 Å². The van der Waals surface area contributed by atoms with Crippen molar-refractivity contribution < 1.29 is 0 Å². The van der Waals surface area contributed by atoms with E-state index in [-0.39, 0.29) is 0 Å². The monoisotopic (exact) mass is 328 g/mol. The molecule has 0 amide bonds. The summed E-state index contributed by atoms with van der Waals surface area (Å²) in [6, 6.07) is 5.77. The molecule has 0 N–H and O–H groups in total. The van der Waals surface area contributed by atoms with Gasteiger partial charge in [0.25, 0.3) is 0 Å². The average Bonchev–Trinajstić information content (AvgIpc) is 2.17. The van der Waals surface area contributed by atoms with Gasteiger partial charge < -0.3 is 0 Å². The maximum Gasteiger partial charge on any atom is 0.203 e. The van der Waals surface area contributed by atoms with Gasteiger partial charge in [0.1, 0.15) is 0 Å². The highest BCUT2D eigenvalue weighted by Gasteiger charge is 2.04. The van der Waals surface area contributed by atoms with Crippen LogP contribution in [0.25, 0.3) is 11.4 Å². The van der Waals surface area contributed by atoms with E-state index in [2.05, 4.69) is 52.3 Å². The van der Waals surface area contributed by atoms with Gasteiger partial charge in [0.05, 0.1) is 0 Å². The van der Waals surface area contributed by atoms with Crippen molar-refractivity contribution in [3.05, 3.63) is 33.0 Å². The molecule has 0 aliphatic carbocycles. The molecule has 1 aromatic carbocycles. The van der Waals surface area contributed by atoms with Gasteiger partial charge in [0.15, 0.2) is 5.82 Å². The first-order valence-corrected chi connectivity index (χ1v) is 5.74. The molecule has 0 spiro atoms. The van der Waals surface area contributed by atoms with Crippen molar-refractivity contribution in [2.75, 3.05) is 0 Å². The van der Waals surface area contributed by atoms with Crippen LogP contribution >= 0.6 is 31.9 Å². The van der Waals surface area contributed by atoms with Crippen molar-refractivity contribution >= 4 is 31.9 Å². The zero-order chi connectivity index (χ0) is 10.8. The predicted molar refractivity (Wildman–Crippen MR) is 63.2 cm³/mol. The van der Waals surface area contributed by atoms with Gasteiger partial charge in [0, 0.05) is 14.5 Å². The van der Waals surface area contributed by atoms with E-state index in [4.69, 9.17) is 0 Å². The summed E-state index contributed by atoms with van der Waals surface area (Å²) in [5.74, 6) is 1.08. The molecule has 1 aromatic heterocycles. The van der Waals surface area contributed by atoms with Crippen molar-refractivity contribution in [2.45, 2.75) is 6.92 Å². The van der Waals surface area contributed by atoms with Crippen LogP contribution in [0.3, 0.4) is 0 Å². The Morgan fingerprint density at radius 1 is 0.867 bits per heavy atom. The first-order chi connectivity index (χ1) is 7.15. The summed E-state index contributed by atoms with van der Waals surface area (Å²) in [4.78, 5) is 0. The molecular weight excluding hydrogens is 324 g/mol. The molecule has 2 aromatic rings. The van der Waals surface area contributed by atoms with Gasteiger partial charge in [-0.1, -0.05) is 31.9 Å². The molecule has 2 rings (SSSR count). The molecule has 76 valence electrons. The second-order valence-corrected chi connectivity index (χ2v) is 4.76. The summed E-state index contributed by atoms with van der Waals surface area (Å²) in [7, 11) is 0. The Hall–Kier alpha value is -0.880. The number of rotatable bonds is 1. The maximum atomic E-state index is 3.97. The normalized spacial score (nSPS) is 10.3. The Morgan fingerprint density at radius 2 is 1.40 bits per heavy atom. The van der Waals surface area contributed by atoms with E-state index in [1.54, 1.807) is 6.92 Å². The van der Waals surface area contributed by atoms with Crippen molar-refractivity contribution in [3.63, 3.8) is 0 Å². The Kier molecular flexibility index (Phi) is 3.06. The fourth-order valence-corrected chi connectivity index (χ4v) is 2.37. The summed E-state index contributed by atoms with van der Waals surface area (Å²) in [6.45, 7) is 1.75. The van der Waals surface area contributed by atoms with Crippen molar-refractivity contribution in [1.29, 1.82) is 0 Å². The molecule has 0 saturated heterocycles. The summed E-state index contributed by atoms with van der Waals surface area (Å²) < 4.78 is 1.91. The van der Waals surface area contributed by atoms with Crippen LogP contribution in [0.15, 0.2) is 27.1 Å². The quantitative estimate of drug-likeness (QED) is 0.807. The molecule has 1 heterocycles. The van der Waals surface area contributed by atoms with Crippen LogP contribution in [-0.2, 0) is 0 Å². The van der Waals surface area contributed by atoms with Crippen LogP contribution in [0, 0.1) is 6.92 Å². The molecule has 0 aliphatic heterocycles. The third-order valence-electron chi connectivity index (χ3n) is 1.70. The minimum atomic E-state index is 0.516. The predicted octanol–water partition coefficient (Wildman–Crippen LogP) is 2.77. The molecule has 0 radical (unpaired) electrons. The highest BCUT2D eigenvalue weighted by molar-refractivity contribution is 9.11. The lowest BCUT2D eigenvalue weighted by Crippen LogP contribution is -1.98. The van der Waals surface area contributed by atoms with Crippen LogP contribution < -0.4 is 0 Å². The van der Waals surface area contributed by atoms with E-state index < -0.39 is 0 Å². The Labute approximate surface area is 103 Å². The minimum Gasteiger partial charge on any atom is -0.131 e. The fourth-order valence-electron chi connectivity index (χ4n) is 1.08. The standard InChI is InChI=1S/C9H6Br2N4/c1-5-12-14-9(15-13-5)6-2-7(10)4-8(11)3-6/h2-4H,1H3. The van der Waals surface area contributed by atoms with Crippen LogP contribution in [0.4, 0.5) is 0 Å². The van der Waals surface area contributed by atoms with Crippen LogP contribution in [0.5, 0.6) is 0 Å². The second-order valence-electron chi connectivity index (χ2n) is 2.93. The van der Waals surface area contributed by atoms with Gasteiger partial charge in [-0.3, -0.25) is 0 Å². The van der Waals surface area contributed by atoms with Gasteiger partial charge in [0.2, 0.25) is 5.82 Å². The SMILES string of the molecule is Cc1nnc(-c2cc(Br)cc(Br)c2)nn1. The fraction of sp³-hybridized carbons (Fsp3) is 0.111. The highest BCUT2D eigenvalue weighted by atomic mass is 79.9. The zero-order valence-corrected chi connectivity index (χ0v) is 10.9. The lowest BCUT2D eigenvalue weighted by Gasteiger charge is -2.00. The van der Waals surface area contributed by atoms with Crippen LogP contribution in [0.1, 0.15) is 5.82 Å². The molecule has 0 bridgehead atoms. The van der Waals surface area contributed by atoms with Gasteiger partial charge in [-0.05, 0) is 25.1 Å². The summed E-state index contributed by atoms with van der Waals surface area (Å²) in [5, 5.41) is 15.7. The molecule has 6 heteroatoms. The molecule has 15 heavy (non-hydrogen) atoms. The summed E-state index contributed by atoms with van der Waals surface area (Å²) in [5.41, 5.74) is 0.872. The van der Waals surface area contributed by atoms with Crippen molar-refractivity contribution in [3.8, 4) is 11.4 Å². The topological polar surface area (TPSA) is 51.6 Å². The highest BCUT2D eigenvalue weighted by Crippen LogP contribution is 2.24. The minimum absolute atomic E-state index is 0.516. The first kappa shape index (κ1) is 10.6. The molecule has 0 fully saturated rings. The van der Waals surface area contributed by atoms with E-state index in [1.165, 1.54) is 0 Å². The lowest BCUT2D eigenvalue weighted by atomic mass is 10.2. The van der Waals surface area contributed by atoms with E-state index in [0.29, 0.717) is 11.6 Å². The van der Waals surface area contributed by atoms with Crippen molar-refractivity contribution in [2.24, 2.45) is 0 Å². The smallest absolute Gasteiger partial charge is 0.131 e.